The van der Waals surface area contributed by atoms with Crippen molar-refractivity contribution in [2.75, 3.05) is 20.3 Å². The van der Waals surface area contributed by atoms with Crippen molar-refractivity contribution in [1.29, 1.82) is 0 Å². The Bertz CT molecular complexity index is 948. The SMILES string of the molecule is COc1ccc(-c2cc(-c3cccnc3)n(CCNC(=O)C3CCCO3)n2)cc1. The lowest BCUT2D eigenvalue weighted by molar-refractivity contribution is -0.130. The van der Waals surface area contributed by atoms with Gasteiger partial charge in [0, 0.05) is 36.7 Å². The highest BCUT2D eigenvalue weighted by atomic mass is 16.5. The molecule has 3 aromatic rings. The third-order valence-electron chi connectivity index (χ3n) is 4.97. The molecule has 1 saturated heterocycles. The number of nitrogens with zero attached hydrogens (tertiary/aromatic N) is 3. The fourth-order valence-corrected chi connectivity index (χ4v) is 3.42. The lowest BCUT2D eigenvalue weighted by Crippen LogP contribution is -2.36. The molecule has 0 saturated carbocycles. The van der Waals surface area contributed by atoms with E-state index in [1.807, 2.05) is 53.3 Å². The molecule has 0 aliphatic carbocycles. The van der Waals surface area contributed by atoms with Gasteiger partial charge in [0.1, 0.15) is 11.9 Å². The minimum Gasteiger partial charge on any atom is -0.497 e. The summed E-state index contributed by atoms with van der Waals surface area (Å²) in [6.07, 6.45) is 4.97. The minimum atomic E-state index is -0.319. The molecule has 7 nitrogen and oxygen atoms in total. The van der Waals surface area contributed by atoms with Gasteiger partial charge in [-0.25, -0.2) is 0 Å². The Morgan fingerprint density at radius 2 is 2.14 bits per heavy atom. The molecule has 0 spiro atoms. The third-order valence-corrected chi connectivity index (χ3v) is 4.97. The third kappa shape index (κ3) is 4.46. The first kappa shape index (κ1) is 19.1. The molecule has 1 N–H and O–H groups in total. The summed E-state index contributed by atoms with van der Waals surface area (Å²) in [5.41, 5.74) is 3.79. The van der Waals surface area contributed by atoms with Crippen LogP contribution < -0.4 is 10.1 Å². The van der Waals surface area contributed by atoms with Gasteiger partial charge in [-0.2, -0.15) is 5.10 Å². The number of benzene rings is 1. The van der Waals surface area contributed by atoms with Gasteiger partial charge < -0.3 is 14.8 Å². The van der Waals surface area contributed by atoms with Crippen molar-refractivity contribution in [1.82, 2.24) is 20.1 Å². The largest absolute Gasteiger partial charge is 0.497 e. The van der Waals surface area contributed by atoms with Gasteiger partial charge in [0.2, 0.25) is 5.91 Å². The van der Waals surface area contributed by atoms with Gasteiger partial charge in [-0.1, -0.05) is 0 Å². The highest BCUT2D eigenvalue weighted by molar-refractivity contribution is 5.80. The number of carbonyl (C=O) groups excluding carboxylic acids is 1. The first-order chi connectivity index (χ1) is 14.2. The van der Waals surface area contributed by atoms with E-state index in [1.165, 1.54) is 0 Å². The van der Waals surface area contributed by atoms with E-state index in [-0.39, 0.29) is 12.0 Å². The highest BCUT2D eigenvalue weighted by Crippen LogP contribution is 2.27. The maximum absolute atomic E-state index is 12.2. The number of amides is 1. The van der Waals surface area contributed by atoms with Gasteiger partial charge in [0.15, 0.2) is 0 Å². The molecule has 3 heterocycles. The summed E-state index contributed by atoms with van der Waals surface area (Å²) in [4.78, 5) is 16.4. The molecular weight excluding hydrogens is 368 g/mol. The van der Waals surface area contributed by atoms with E-state index in [0.29, 0.717) is 19.7 Å². The van der Waals surface area contributed by atoms with Gasteiger partial charge in [-0.15, -0.1) is 0 Å². The van der Waals surface area contributed by atoms with E-state index in [2.05, 4.69) is 10.3 Å². The Kier molecular flexibility index (Phi) is 5.86. The average Bonchev–Trinajstić information content (AvgIpc) is 3.45. The quantitative estimate of drug-likeness (QED) is 0.669. The number of hydrogen-bond donors (Lipinski definition) is 1. The van der Waals surface area contributed by atoms with Crippen LogP contribution in [0.1, 0.15) is 12.8 Å². The van der Waals surface area contributed by atoms with Crippen LogP contribution in [-0.2, 0) is 16.1 Å². The number of methoxy groups -OCH3 is 1. The van der Waals surface area contributed by atoms with Crippen molar-refractivity contribution >= 4 is 5.91 Å². The Morgan fingerprint density at radius 1 is 1.28 bits per heavy atom. The lowest BCUT2D eigenvalue weighted by Gasteiger charge is -2.11. The normalized spacial score (nSPS) is 16.0. The predicted octanol–water partition coefficient (Wildman–Crippen LogP) is 2.92. The van der Waals surface area contributed by atoms with E-state index in [0.717, 1.165) is 41.1 Å². The molecule has 7 heteroatoms. The van der Waals surface area contributed by atoms with E-state index in [4.69, 9.17) is 14.6 Å². The van der Waals surface area contributed by atoms with Crippen molar-refractivity contribution in [3.8, 4) is 28.3 Å². The standard InChI is InChI=1S/C22H24N4O3/c1-28-18-8-6-16(7-9-18)19-14-20(17-4-2-10-23-15-17)26(25-19)12-11-24-22(27)21-5-3-13-29-21/h2,4,6-10,14-15,21H,3,5,11-13H2,1H3,(H,24,27). The fourth-order valence-electron chi connectivity index (χ4n) is 3.42. The Labute approximate surface area is 169 Å². The number of nitrogens with one attached hydrogen (secondary N) is 1. The molecule has 0 radical (unpaired) electrons. The second-order valence-electron chi connectivity index (χ2n) is 6.90. The molecule has 0 bridgehead atoms. The zero-order valence-corrected chi connectivity index (χ0v) is 16.4. The van der Waals surface area contributed by atoms with Crippen LogP contribution in [0.5, 0.6) is 5.75 Å². The zero-order valence-electron chi connectivity index (χ0n) is 16.4. The van der Waals surface area contributed by atoms with Crippen LogP contribution in [0.15, 0.2) is 54.9 Å². The van der Waals surface area contributed by atoms with Crippen molar-refractivity contribution in [2.45, 2.75) is 25.5 Å². The molecule has 1 aliphatic heterocycles. The molecule has 1 amide bonds. The molecule has 1 unspecified atom stereocenters. The van der Waals surface area contributed by atoms with E-state index < -0.39 is 0 Å². The van der Waals surface area contributed by atoms with Crippen molar-refractivity contribution in [3.05, 3.63) is 54.9 Å². The highest BCUT2D eigenvalue weighted by Gasteiger charge is 2.23. The summed E-state index contributed by atoms with van der Waals surface area (Å²) in [6, 6.07) is 13.7. The van der Waals surface area contributed by atoms with Gasteiger partial charge >= 0.3 is 0 Å². The summed E-state index contributed by atoms with van der Waals surface area (Å²) in [7, 11) is 1.65. The topological polar surface area (TPSA) is 78.3 Å². The van der Waals surface area contributed by atoms with Gasteiger partial charge in [0.05, 0.1) is 25.0 Å². The van der Waals surface area contributed by atoms with Crippen molar-refractivity contribution in [2.24, 2.45) is 0 Å². The molecule has 150 valence electrons. The minimum absolute atomic E-state index is 0.0482. The van der Waals surface area contributed by atoms with Gasteiger partial charge in [-0.05, 0) is 55.3 Å². The fraction of sp³-hybridized carbons (Fsp3) is 0.318. The maximum atomic E-state index is 12.2. The number of carbonyl (C=O) groups is 1. The first-order valence-electron chi connectivity index (χ1n) is 9.76. The zero-order chi connectivity index (χ0) is 20.1. The van der Waals surface area contributed by atoms with Crippen LogP contribution in [0.2, 0.25) is 0 Å². The Balaban J connectivity index is 1.54. The second-order valence-corrected chi connectivity index (χ2v) is 6.90. The smallest absolute Gasteiger partial charge is 0.249 e. The summed E-state index contributed by atoms with van der Waals surface area (Å²) in [6.45, 7) is 1.70. The number of aromatic nitrogens is 3. The summed E-state index contributed by atoms with van der Waals surface area (Å²) in [5, 5.41) is 7.73. The molecular formula is C22H24N4O3. The van der Waals surface area contributed by atoms with E-state index in [9.17, 15) is 4.79 Å². The molecule has 1 fully saturated rings. The van der Waals surface area contributed by atoms with Crippen LogP contribution in [0, 0.1) is 0 Å². The first-order valence-corrected chi connectivity index (χ1v) is 9.76. The maximum Gasteiger partial charge on any atom is 0.249 e. The summed E-state index contributed by atoms with van der Waals surface area (Å²) in [5.74, 6) is 0.755. The summed E-state index contributed by atoms with van der Waals surface area (Å²) < 4.78 is 12.6. The number of hydrogen-bond acceptors (Lipinski definition) is 5. The van der Waals surface area contributed by atoms with Crippen molar-refractivity contribution in [3.63, 3.8) is 0 Å². The molecule has 29 heavy (non-hydrogen) atoms. The Hall–Kier alpha value is -3.19. The molecule has 1 aromatic carbocycles. The van der Waals surface area contributed by atoms with Crippen LogP contribution in [0.4, 0.5) is 0 Å². The van der Waals surface area contributed by atoms with Crippen LogP contribution >= 0.6 is 0 Å². The van der Waals surface area contributed by atoms with E-state index in [1.54, 1.807) is 13.3 Å². The summed E-state index contributed by atoms with van der Waals surface area (Å²) >= 11 is 0. The van der Waals surface area contributed by atoms with Gasteiger partial charge in [-0.3, -0.25) is 14.5 Å². The average molecular weight is 392 g/mol. The van der Waals surface area contributed by atoms with Gasteiger partial charge in [0.25, 0.3) is 0 Å². The second kappa shape index (κ2) is 8.87. The lowest BCUT2D eigenvalue weighted by atomic mass is 10.1. The van der Waals surface area contributed by atoms with Crippen LogP contribution in [0.3, 0.4) is 0 Å². The van der Waals surface area contributed by atoms with Crippen molar-refractivity contribution < 1.29 is 14.3 Å². The van der Waals surface area contributed by atoms with Crippen LogP contribution in [0.25, 0.3) is 22.5 Å². The molecule has 4 rings (SSSR count). The number of ether oxygens (including phenoxy) is 2. The van der Waals surface area contributed by atoms with E-state index >= 15 is 0 Å². The molecule has 2 aromatic heterocycles. The predicted molar refractivity (Wildman–Crippen MR) is 109 cm³/mol. The molecule has 1 aliphatic rings. The van der Waals surface area contributed by atoms with Crippen LogP contribution in [-0.4, -0.2) is 47.0 Å². The Morgan fingerprint density at radius 3 is 2.83 bits per heavy atom. The number of rotatable bonds is 7. The number of pyridine rings is 1. The monoisotopic (exact) mass is 392 g/mol. The molecule has 1 atom stereocenters.